The lowest BCUT2D eigenvalue weighted by Crippen LogP contribution is -2.17. The second-order valence-corrected chi connectivity index (χ2v) is 7.07. The second-order valence-electron chi connectivity index (χ2n) is 5.37. The number of ether oxygens (including phenoxy) is 2. The molecule has 0 aromatic heterocycles. The van der Waals surface area contributed by atoms with Crippen LogP contribution in [0.15, 0.2) is 47.5 Å². The molecular weight excluding hydrogens is 460 g/mol. The van der Waals surface area contributed by atoms with E-state index in [-0.39, 0.29) is 12.4 Å². The molecule has 26 heavy (non-hydrogen) atoms. The average molecular weight is 482 g/mol. The minimum absolute atomic E-state index is 0. The number of methoxy groups -OCH3 is 1. The Kier molecular flexibility index (Phi) is 10.4. The van der Waals surface area contributed by atoms with Gasteiger partial charge in [-0.15, -0.1) is 12.4 Å². The second kappa shape index (κ2) is 11.7. The van der Waals surface area contributed by atoms with Gasteiger partial charge in [-0.25, -0.2) is 0 Å². The van der Waals surface area contributed by atoms with Crippen molar-refractivity contribution in [3.63, 3.8) is 0 Å². The molecular formula is C19H21BrCl3NO2. The van der Waals surface area contributed by atoms with Gasteiger partial charge in [0.15, 0.2) is 11.5 Å². The first-order valence-corrected chi connectivity index (χ1v) is 9.34. The summed E-state index contributed by atoms with van der Waals surface area (Å²) in [5.41, 5.74) is 2.17. The van der Waals surface area contributed by atoms with Gasteiger partial charge in [-0.3, -0.25) is 0 Å². The molecule has 0 spiro atoms. The Balaban J connectivity index is 0.00000338. The molecule has 0 aliphatic heterocycles. The number of benzene rings is 2. The topological polar surface area (TPSA) is 30.5 Å². The highest BCUT2D eigenvalue weighted by molar-refractivity contribution is 9.10. The van der Waals surface area contributed by atoms with Crippen LogP contribution in [0.25, 0.3) is 0 Å². The maximum Gasteiger partial charge on any atom is 0.175 e. The molecule has 0 saturated heterocycles. The van der Waals surface area contributed by atoms with Crippen LogP contribution in [0, 0.1) is 0 Å². The van der Waals surface area contributed by atoms with Crippen LogP contribution in [0.5, 0.6) is 11.5 Å². The summed E-state index contributed by atoms with van der Waals surface area (Å²) in [6.07, 6.45) is 2.53. The molecule has 2 aromatic rings. The summed E-state index contributed by atoms with van der Waals surface area (Å²) in [4.78, 5) is 0. The van der Waals surface area contributed by atoms with E-state index in [1.165, 1.54) is 0 Å². The van der Waals surface area contributed by atoms with Crippen LogP contribution in [-0.2, 0) is 13.0 Å². The standard InChI is InChI=1S/C19H20BrCl2NO2.ClH/c1-3-8-25-19-16(20)9-13(10-18(19)24-2)12-23-7-6-14-4-5-15(21)11-17(14)22;/h3-5,9-11,23H,1,6-8,12H2,2H3;1H. The van der Waals surface area contributed by atoms with Crippen LogP contribution in [0.2, 0.25) is 10.0 Å². The van der Waals surface area contributed by atoms with Crippen LogP contribution in [0.4, 0.5) is 0 Å². The summed E-state index contributed by atoms with van der Waals surface area (Å²) in [7, 11) is 1.63. The third-order valence-electron chi connectivity index (χ3n) is 3.55. The first-order valence-electron chi connectivity index (χ1n) is 7.80. The average Bonchev–Trinajstić information content (AvgIpc) is 2.58. The molecule has 0 amide bonds. The van der Waals surface area contributed by atoms with Gasteiger partial charge in [-0.2, -0.15) is 0 Å². The van der Waals surface area contributed by atoms with Crippen LogP contribution >= 0.6 is 51.5 Å². The van der Waals surface area contributed by atoms with Crippen molar-refractivity contribution >= 4 is 51.5 Å². The fourth-order valence-corrected chi connectivity index (χ4v) is 3.44. The summed E-state index contributed by atoms with van der Waals surface area (Å²) >= 11 is 15.6. The predicted octanol–water partition coefficient (Wildman–Crippen LogP) is 6.08. The van der Waals surface area contributed by atoms with Gasteiger partial charge < -0.3 is 14.8 Å². The minimum Gasteiger partial charge on any atom is -0.493 e. The molecule has 0 unspecified atom stereocenters. The normalized spacial score (nSPS) is 10.2. The van der Waals surface area contributed by atoms with E-state index in [4.69, 9.17) is 32.7 Å². The number of halogens is 4. The molecule has 7 heteroatoms. The highest BCUT2D eigenvalue weighted by Crippen LogP contribution is 2.36. The molecule has 0 heterocycles. The van der Waals surface area contributed by atoms with Gasteiger partial charge in [-0.05, 0) is 64.3 Å². The van der Waals surface area contributed by atoms with Gasteiger partial charge in [-0.1, -0.05) is 41.9 Å². The molecule has 1 N–H and O–H groups in total. The monoisotopic (exact) mass is 479 g/mol. The Morgan fingerprint density at radius 2 is 2.00 bits per heavy atom. The summed E-state index contributed by atoms with van der Waals surface area (Å²) in [5, 5.41) is 4.76. The third kappa shape index (κ3) is 6.67. The van der Waals surface area contributed by atoms with Crippen molar-refractivity contribution in [2.45, 2.75) is 13.0 Å². The molecule has 3 nitrogen and oxygen atoms in total. The maximum atomic E-state index is 6.19. The molecule has 0 saturated carbocycles. The Morgan fingerprint density at radius 3 is 2.65 bits per heavy atom. The zero-order chi connectivity index (χ0) is 18.2. The lowest BCUT2D eigenvalue weighted by Gasteiger charge is -2.14. The Labute approximate surface area is 179 Å². The lowest BCUT2D eigenvalue weighted by molar-refractivity contribution is 0.324. The van der Waals surface area contributed by atoms with E-state index in [0.717, 1.165) is 28.6 Å². The smallest absolute Gasteiger partial charge is 0.175 e. The van der Waals surface area contributed by atoms with Gasteiger partial charge >= 0.3 is 0 Å². The van der Waals surface area contributed by atoms with Crippen molar-refractivity contribution < 1.29 is 9.47 Å². The fraction of sp³-hybridized carbons (Fsp3) is 0.263. The lowest BCUT2D eigenvalue weighted by atomic mass is 10.1. The van der Waals surface area contributed by atoms with E-state index in [0.29, 0.717) is 34.7 Å². The first-order chi connectivity index (χ1) is 12.0. The van der Waals surface area contributed by atoms with Crippen molar-refractivity contribution in [3.05, 3.63) is 68.6 Å². The van der Waals surface area contributed by atoms with Gasteiger partial charge in [0.1, 0.15) is 6.61 Å². The molecule has 0 fully saturated rings. The predicted molar refractivity (Wildman–Crippen MR) is 116 cm³/mol. The summed E-state index contributed by atoms with van der Waals surface area (Å²) in [6, 6.07) is 9.56. The van der Waals surface area contributed by atoms with E-state index < -0.39 is 0 Å². The molecule has 2 rings (SSSR count). The molecule has 0 atom stereocenters. The van der Waals surface area contributed by atoms with Crippen molar-refractivity contribution in [1.29, 1.82) is 0 Å². The van der Waals surface area contributed by atoms with Crippen LogP contribution < -0.4 is 14.8 Å². The van der Waals surface area contributed by atoms with E-state index in [1.807, 2.05) is 24.3 Å². The van der Waals surface area contributed by atoms with Crippen LogP contribution in [0.1, 0.15) is 11.1 Å². The molecule has 142 valence electrons. The van der Waals surface area contributed by atoms with E-state index in [9.17, 15) is 0 Å². The van der Waals surface area contributed by atoms with Gasteiger partial charge in [0.2, 0.25) is 0 Å². The highest BCUT2D eigenvalue weighted by atomic mass is 79.9. The third-order valence-corrected chi connectivity index (χ3v) is 4.73. The summed E-state index contributed by atoms with van der Waals surface area (Å²) in [5.74, 6) is 1.37. The largest absolute Gasteiger partial charge is 0.493 e. The number of hydrogen-bond donors (Lipinski definition) is 1. The van der Waals surface area contributed by atoms with E-state index in [2.05, 4.69) is 27.8 Å². The van der Waals surface area contributed by atoms with Gasteiger partial charge in [0.05, 0.1) is 11.6 Å². The fourth-order valence-electron chi connectivity index (χ4n) is 2.34. The van der Waals surface area contributed by atoms with Gasteiger partial charge in [0.25, 0.3) is 0 Å². The first kappa shape index (κ1) is 23.1. The molecule has 2 aromatic carbocycles. The van der Waals surface area contributed by atoms with E-state index in [1.54, 1.807) is 19.3 Å². The zero-order valence-electron chi connectivity index (χ0n) is 14.4. The number of rotatable bonds is 9. The Morgan fingerprint density at radius 1 is 1.23 bits per heavy atom. The Hall–Kier alpha value is -0.910. The van der Waals surface area contributed by atoms with Crippen LogP contribution in [-0.4, -0.2) is 20.3 Å². The number of nitrogens with one attached hydrogen (secondary N) is 1. The molecule has 0 radical (unpaired) electrons. The summed E-state index contributed by atoms with van der Waals surface area (Å²) in [6.45, 7) is 5.59. The summed E-state index contributed by atoms with van der Waals surface area (Å²) < 4.78 is 11.9. The van der Waals surface area contributed by atoms with Crippen molar-refractivity contribution in [2.75, 3.05) is 20.3 Å². The zero-order valence-corrected chi connectivity index (χ0v) is 18.3. The van der Waals surface area contributed by atoms with Crippen molar-refractivity contribution in [1.82, 2.24) is 5.32 Å². The highest BCUT2D eigenvalue weighted by Gasteiger charge is 2.11. The molecule has 0 aliphatic carbocycles. The number of hydrogen-bond acceptors (Lipinski definition) is 3. The maximum absolute atomic E-state index is 6.19. The van der Waals surface area contributed by atoms with Crippen LogP contribution in [0.3, 0.4) is 0 Å². The molecule has 0 aliphatic rings. The van der Waals surface area contributed by atoms with Crippen molar-refractivity contribution in [3.8, 4) is 11.5 Å². The quantitative estimate of drug-likeness (QED) is 0.348. The molecule has 0 bridgehead atoms. The van der Waals surface area contributed by atoms with Crippen molar-refractivity contribution in [2.24, 2.45) is 0 Å². The van der Waals surface area contributed by atoms with E-state index >= 15 is 0 Å². The van der Waals surface area contributed by atoms with Gasteiger partial charge in [0, 0.05) is 16.6 Å². The SMILES string of the molecule is C=CCOc1c(Br)cc(CNCCc2ccc(Cl)cc2Cl)cc1OC.Cl. The minimum atomic E-state index is 0. The Bertz CT molecular complexity index is 741.